The first-order valence-corrected chi connectivity index (χ1v) is 6.90. The molecule has 0 fully saturated rings. The summed E-state index contributed by atoms with van der Waals surface area (Å²) in [7, 11) is 1.86. The second-order valence-electron chi connectivity index (χ2n) is 3.79. The predicted molar refractivity (Wildman–Crippen MR) is 74.5 cm³/mol. The number of thiophene rings is 1. The summed E-state index contributed by atoms with van der Waals surface area (Å²) in [5.41, 5.74) is 1.03. The maximum absolute atomic E-state index is 5.76. The third-order valence-electron chi connectivity index (χ3n) is 2.66. The third kappa shape index (κ3) is 2.98. The molecule has 2 heterocycles. The van der Waals surface area contributed by atoms with Gasteiger partial charge in [0.1, 0.15) is 12.1 Å². The van der Waals surface area contributed by atoms with E-state index in [4.69, 9.17) is 4.74 Å². The van der Waals surface area contributed by atoms with Crippen molar-refractivity contribution in [3.63, 3.8) is 0 Å². The van der Waals surface area contributed by atoms with Gasteiger partial charge in [0.15, 0.2) is 0 Å². The average molecular weight is 263 g/mol. The number of nitrogens with one attached hydrogen (secondary N) is 1. The molecule has 0 aliphatic heterocycles. The summed E-state index contributed by atoms with van der Waals surface area (Å²) in [4.78, 5) is 9.72. The van der Waals surface area contributed by atoms with Crippen molar-refractivity contribution < 1.29 is 4.74 Å². The maximum Gasteiger partial charge on any atom is 0.221 e. The number of aromatic nitrogens is 2. The molecule has 0 saturated heterocycles. The van der Waals surface area contributed by atoms with Crippen LogP contribution in [0.15, 0.2) is 23.8 Å². The summed E-state index contributed by atoms with van der Waals surface area (Å²) in [6.07, 6.45) is 3.30. The van der Waals surface area contributed by atoms with E-state index in [1.54, 1.807) is 11.3 Å². The van der Waals surface area contributed by atoms with Crippen molar-refractivity contribution >= 4 is 17.2 Å². The van der Waals surface area contributed by atoms with Crippen LogP contribution in [0.2, 0.25) is 0 Å². The van der Waals surface area contributed by atoms with Crippen LogP contribution in [-0.2, 0) is 12.8 Å². The van der Waals surface area contributed by atoms with Crippen LogP contribution >= 0.6 is 11.3 Å². The van der Waals surface area contributed by atoms with Crippen LogP contribution in [-0.4, -0.2) is 23.6 Å². The van der Waals surface area contributed by atoms with E-state index in [0.717, 1.165) is 24.2 Å². The van der Waals surface area contributed by atoms with Crippen molar-refractivity contribution in [2.45, 2.75) is 19.8 Å². The van der Waals surface area contributed by atoms with Gasteiger partial charge in [0.05, 0.1) is 12.2 Å². The highest BCUT2D eigenvalue weighted by Gasteiger charge is 2.09. The zero-order valence-corrected chi connectivity index (χ0v) is 11.5. The molecule has 0 aromatic carbocycles. The topological polar surface area (TPSA) is 47.0 Å². The highest BCUT2D eigenvalue weighted by Crippen LogP contribution is 2.22. The molecule has 0 atom stereocenters. The van der Waals surface area contributed by atoms with E-state index in [2.05, 4.69) is 39.7 Å². The molecule has 18 heavy (non-hydrogen) atoms. The van der Waals surface area contributed by atoms with Crippen molar-refractivity contribution in [2.75, 3.05) is 19.0 Å². The van der Waals surface area contributed by atoms with E-state index in [-0.39, 0.29) is 0 Å². The van der Waals surface area contributed by atoms with Gasteiger partial charge in [-0.25, -0.2) is 9.97 Å². The lowest BCUT2D eigenvalue weighted by Gasteiger charge is -2.11. The van der Waals surface area contributed by atoms with Gasteiger partial charge in [0.2, 0.25) is 5.88 Å². The highest BCUT2D eigenvalue weighted by molar-refractivity contribution is 7.09. The Morgan fingerprint density at radius 1 is 1.39 bits per heavy atom. The quantitative estimate of drug-likeness (QED) is 0.870. The van der Waals surface area contributed by atoms with Gasteiger partial charge in [0, 0.05) is 18.3 Å². The molecule has 0 spiro atoms. The second-order valence-corrected chi connectivity index (χ2v) is 4.82. The molecule has 0 aliphatic rings. The second kappa shape index (κ2) is 6.35. The molecule has 0 aliphatic carbocycles. The maximum atomic E-state index is 5.76. The van der Waals surface area contributed by atoms with Gasteiger partial charge in [-0.15, -0.1) is 11.3 Å². The first-order chi connectivity index (χ1) is 8.85. The Labute approximate surface area is 111 Å². The fraction of sp³-hybridized carbons (Fsp3) is 0.385. The Bertz CT molecular complexity index is 485. The van der Waals surface area contributed by atoms with Crippen LogP contribution in [0.4, 0.5) is 5.82 Å². The lowest BCUT2D eigenvalue weighted by Crippen LogP contribution is -2.07. The van der Waals surface area contributed by atoms with Gasteiger partial charge < -0.3 is 10.1 Å². The molecule has 0 saturated carbocycles. The van der Waals surface area contributed by atoms with Crippen molar-refractivity contribution in [1.82, 2.24) is 9.97 Å². The Hall–Kier alpha value is -1.62. The summed E-state index contributed by atoms with van der Waals surface area (Å²) in [5, 5.41) is 5.14. The third-order valence-corrected chi connectivity index (χ3v) is 3.60. The molecule has 0 unspecified atom stereocenters. The normalized spacial score (nSPS) is 10.3. The lowest BCUT2D eigenvalue weighted by atomic mass is 10.2. The SMILES string of the molecule is CCc1c(NC)ncnc1OCCc1cccs1. The van der Waals surface area contributed by atoms with E-state index in [0.29, 0.717) is 12.5 Å². The van der Waals surface area contributed by atoms with Crippen LogP contribution in [0.3, 0.4) is 0 Å². The Morgan fingerprint density at radius 3 is 2.94 bits per heavy atom. The highest BCUT2D eigenvalue weighted by atomic mass is 32.1. The Kier molecular flexibility index (Phi) is 4.52. The molecule has 0 radical (unpaired) electrons. The van der Waals surface area contributed by atoms with E-state index >= 15 is 0 Å². The molecule has 2 aromatic rings. The van der Waals surface area contributed by atoms with Crippen LogP contribution in [0, 0.1) is 0 Å². The minimum absolute atomic E-state index is 0.647. The molecule has 2 aromatic heterocycles. The number of anilines is 1. The zero-order chi connectivity index (χ0) is 12.8. The fourth-order valence-corrected chi connectivity index (χ4v) is 2.45. The molecular formula is C13H17N3OS. The molecule has 0 amide bonds. The van der Waals surface area contributed by atoms with Crippen molar-refractivity contribution in [2.24, 2.45) is 0 Å². The van der Waals surface area contributed by atoms with Gasteiger partial charge in [-0.05, 0) is 17.9 Å². The minimum Gasteiger partial charge on any atom is -0.477 e. The summed E-state index contributed by atoms with van der Waals surface area (Å²) < 4.78 is 5.76. The van der Waals surface area contributed by atoms with Gasteiger partial charge in [-0.3, -0.25) is 0 Å². The first-order valence-electron chi connectivity index (χ1n) is 6.02. The monoisotopic (exact) mass is 263 g/mol. The van der Waals surface area contributed by atoms with Crippen molar-refractivity contribution in [3.8, 4) is 5.88 Å². The van der Waals surface area contributed by atoms with Gasteiger partial charge >= 0.3 is 0 Å². The minimum atomic E-state index is 0.647. The van der Waals surface area contributed by atoms with Gasteiger partial charge in [-0.2, -0.15) is 0 Å². The molecule has 4 nitrogen and oxygen atoms in total. The van der Waals surface area contributed by atoms with Crippen molar-refractivity contribution in [1.29, 1.82) is 0 Å². The Balaban J connectivity index is 2.00. The number of hydrogen-bond acceptors (Lipinski definition) is 5. The van der Waals surface area contributed by atoms with E-state index < -0.39 is 0 Å². The molecule has 0 bridgehead atoms. The van der Waals surface area contributed by atoms with Gasteiger partial charge in [0.25, 0.3) is 0 Å². The molecule has 96 valence electrons. The molecule has 2 rings (SSSR count). The number of ether oxygens (including phenoxy) is 1. The lowest BCUT2D eigenvalue weighted by molar-refractivity contribution is 0.306. The van der Waals surface area contributed by atoms with Crippen molar-refractivity contribution in [3.05, 3.63) is 34.3 Å². The largest absolute Gasteiger partial charge is 0.477 e. The molecule has 1 N–H and O–H groups in total. The Morgan fingerprint density at radius 2 is 2.28 bits per heavy atom. The van der Waals surface area contributed by atoms with Crippen LogP contribution in [0.5, 0.6) is 5.88 Å². The molecular weight excluding hydrogens is 246 g/mol. The van der Waals surface area contributed by atoms with E-state index in [9.17, 15) is 0 Å². The van der Waals surface area contributed by atoms with Gasteiger partial charge in [-0.1, -0.05) is 13.0 Å². The predicted octanol–water partition coefficient (Wildman–Crippen LogP) is 2.76. The van der Waals surface area contributed by atoms with E-state index in [1.807, 2.05) is 7.05 Å². The van der Waals surface area contributed by atoms with Crippen LogP contribution in [0.25, 0.3) is 0 Å². The summed E-state index contributed by atoms with van der Waals surface area (Å²) in [5.74, 6) is 1.53. The van der Waals surface area contributed by atoms with Crippen LogP contribution < -0.4 is 10.1 Å². The van der Waals surface area contributed by atoms with Crippen LogP contribution in [0.1, 0.15) is 17.4 Å². The smallest absolute Gasteiger partial charge is 0.221 e. The zero-order valence-electron chi connectivity index (χ0n) is 10.6. The number of hydrogen-bond donors (Lipinski definition) is 1. The fourth-order valence-electron chi connectivity index (χ4n) is 1.76. The number of rotatable bonds is 6. The summed E-state index contributed by atoms with van der Waals surface area (Å²) in [6, 6.07) is 4.18. The standard InChI is InChI=1S/C13H17N3OS/c1-3-11-12(14-2)15-9-16-13(11)17-7-6-10-5-4-8-18-10/h4-5,8-9H,3,6-7H2,1-2H3,(H,14,15,16). The average Bonchev–Trinajstić information content (AvgIpc) is 2.91. The number of nitrogens with zero attached hydrogens (tertiary/aromatic N) is 2. The first kappa shape index (κ1) is 12.8. The summed E-state index contributed by atoms with van der Waals surface area (Å²) >= 11 is 1.75. The molecule has 5 heteroatoms. The summed E-state index contributed by atoms with van der Waals surface area (Å²) in [6.45, 7) is 2.72. The van der Waals surface area contributed by atoms with E-state index in [1.165, 1.54) is 11.2 Å².